The number of alkyl halides is 1. The minimum atomic E-state index is -0.332. The average Bonchev–Trinajstić information content (AvgIpc) is 2.27. The van der Waals surface area contributed by atoms with Crippen LogP contribution in [0.15, 0.2) is 23.1 Å². The molecule has 0 saturated carbocycles. The summed E-state index contributed by atoms with van der Waals surface area (Å²) in [5.41, 5.74) is 0.633. The van der Waals surface area contributed by atoms with Crippen molar-refractivity contribution in [1.29, 1.82) is 0 Å². The molecule has 0 radical (unpaired) electrons. The van der Waals surface area contributed by atoms with Crippen molar-refractivity contribution in [2.24, 2.45) is 0 Å². The Kier molecular flexibility index (Phi) is 3.40. The first-order valence-electron chi connectivity index (χ1n) is 4.94. The van der Waals surface area contributed by atoms with E-state index in [1.165, 1.54) is 12.1 Å². The van der Waals surface area contributed by atoms with Crippen LogP contribution in [0.2, 0.25) is 0 Å². The van der Waals surface area contributed by atoms with E-state index in [-0.39, 0.29) is 17.6 Å². The number of carbonyl (C=O) groups excluding carboxylic acids is 1. The van der Waals surface area contributed by atoms with Gasteiger partial charge in [-0.1, -0.05) is 6.92 Å². The number of hydrogen-bond acceptors (Lipinski definition) is 2. The Hall–Kier alpha value is -0.740. The van der Waals surface area contributed by atoms with Gasteiger partial charge in [-0.05, 0) is 18.2 Å². The number of fused-ring (bicyclic) bond motifs is 1. The van der Waals surface area contributed by atoms with Gasteiger partial charge in [0.2, 0.25) is 5.91 Å². The van der Waals surface area contributed by atoms with Gasteiger partial charge in [-0.2, -0.15) is 0 Å². The van der Waals surface area contributed by atoms with Gasteiger partial charge in [0.25, 0.3) is 0 Å². The first-order valence-corrected chi connectivity index (χ1v) is 6.35. The molecule has 1 atom stereocenters. The molecule has 1 unspecified atom stereocenters. The molecular formula is C11H11ClFNOS. The SMILES string of the molecule is CC1CN(C(=O)CCl)c2cc(F)ccc2S1. The van der Waals surface area contributed by atoms with E-state index in [0.717, 1.165) is 4.90 Å². The van der Waals surface area contributed by atoms with Crippen LogP contribution in [-0.2, 0) is 4.79 Å². The second kappa shape index (κ2) is 4.63. The highest BCUT2D eigenvalue weighted by molar-refractivity contribution is 8.00. The first-order chi connectivity index (χ1) is 7.61. The van der Waals surface area contributed by atoms with Crippen LogP contribution in [0.25, 0.3) is 0 Å². The van der Waals surface area contributed by atoms with Crippen LogP contribution in [0.5, 0.6) is 0 Å². The summed E-state index contributed by atoms with van der Waals surface area (Å²) in [4.78, 5) is 14.1. The number of anilines is 1. The normalized spacial score (nSPS) is 19.4. The number of nitrogens with zero attached hydrogens (tertiary/aromatic N) is 1. The summed E-state index contributed by atoms with van der Waals surface area (Å²) >= 11 is 7.20. The Balaban J connectivity index is 2.43. The lowest BCUT2D eigenvalue weighted by Crippen LogP contribution is -2.39. The average molecular weight is 260 g/mol. The van der Waals surface area contributed by atoms with E-state index < -0.39 is 0 Å². The van der Waals surface area contributed by atoms with Crippen LogP contribution in [0.4, 0.5) is 10.1 Å². The molecule has 1 aliphatic rings. The fraction of sp³-hybridized carbons (Fsp3) is 0.364. The van der Waals surface area contributed by atoms with Gasteiger partial charge >= 0.3 is 0 Å². The highest BCUT2D eigenvalue weighted by Crippen LogP contribution is 2.38. The summed E-state index contributed by atoms with van der Waals surface area (Å²) in [6, 6.07) is 4.51. The second-order valence-corrected chi connectivity index (χ2v) is 5.43. The molecule has 86 valence electrons. The molecule has 1 aromatic carbocycles. The maximum atomic E-state index is 13.2. The van der Waals surface area contributed by atoms with Gasteiger partial charge in [-0.15, -0.1) is 23.4 Å². The van der Waals surface area contributed by atoms with Crippen LogP contribution in [0, 0.1) is 5.82 Å². The molecule has 0 aliphatic carbocycles. The monoisotopic (exact) mass is 259 g/mol. The largest absolute Gasteiger partial charge is 0.309 e. The van der Waals surface area contributed by atoms with Crippen molar-refractivity contribution < 1.29 is 9.18 Å². The molecule has 1 heterocycles. The fourth-order valence-corrected chi connectivity index (χ4v) is 2.96. The Morgan fingerprint density at radius 1 is 1.69 bits per heavy atom. The Labute approximate surface area is 103 Å². The predicted octanol–water partition coefficient (Wildman–Crippen LogP) is 2.89. The molecule has 1 amide bonds. The lowest BCUT2D eigenvalue weighted by atomic mass is 10.2. The number of thioether (sulfide) groups is 1. The second-order valence-electron chi connectivity index (χ2n) is 3.68. The molecule has 16 heavy (non-hydrogen) atoms. The van der Waals surface area contributed by atoms with Gasteiger partial charge in [0.05, 0.1) is 5.69 Å². The fourth-order valence-electron chi connectivity index (χ4n) is 1.72. The van der Waals surface area contributed by atoms with Gasteiger partial charge in [0.1, 0.15) is 11.7 Å². The molecule has 0 bridgehead atoms. The number of halogens is 2. The summed E-state index contributed by atoms with van der Waals surface area (Å²) in [6.07, 6.45) is 0. The Bertz CT molecular complexity index is 426. The number of amides is 1. The number of hydrogen-bond donors (Lipinski definition) is 0. The maximum absolute atomic E-state index is 13.2. The maximum Gasteiger partial charge on any atom is 0.241 e. The topological polar surface area (TPSA) is 20.3 Å². The van der Waals surface area contributed by atoms with Crippen molar-refractivity contribution in [2.45, 2.75) is 17.1 Å². The molecule has 0 aromatic heterocycles. The van der Waals surface area contributed by atoms with E-state index in [9.17, 15) is 9.18 Å². The predicted molar refractivity (Wildman–Crippen MR) is 64.8 cm³/mol. The van der Waals surface area contributed by atoms with Crippen molar-refractivity contribution >= 4 is 35.0 Å². The molecule has 0 N–H and O–H groups in total. The number of carbonyl (C=O) groups is 1. The molecule has 0 spiro atoms. The van der Waals surface area contributed by atoms with E-state index in [1.807, 2.05) is 6.92 Å². The Morgan fingerprint density at radius 2 is 2.44 bits per heavy atom. The van der Waals surface area contributed by atoms with Gasteiger partial charge in [-0.3, -0.25) is 4.79 Å². The first kappa shape index (κ1) is 11.7. The van der Waals surface area contributed by atoms with Crippen molar-refractivity contribution in [1.82, 2.24) is 0 Å². The van der Waals surface area contributed by atoms with Crippen LogP contribution in [0.1, 0.15) is 6.92 Å². The summed E-state index contributed by atoms with van der Waals surface area (Å²) in [6.45, 7) is 2.61. The third kappa shape index (κ3) is 2.18. The van der Waals surface area contributed by atoms with Gasteiger partial charge in [0, 0.05) is 16.7 Å². The smallest absolute Gasteiger partial charge is 0.241 e. The Morgan fingerprint density at radius 3 is 3.12 bits per heavy atom. The van der Waals surface area contributed by atoms with E-state index >= 15 is 0 Å². The molecule has 2 nitrogen and oxygen atoms in total. The zero-order chi connectivity index (χ0) is 11.7. The minimum Gasteiger partial charge on any atom is -0.309 e. The third-order valence-electron chi connectivity index (χ3n) is 2.39. The number of rotatable bonds is 1. The van der Waals surface area contributed by atoms with E-state index in [2.05, 4.69) is 0 Å². The van der Waals surface area contributed by atoms with E-state index in [4.69, 9.17) is 11.6 Å². The standard InChI is InChI=1S/C11H11ClFNOS/c1-7-6-14(11(15)5-12)9-4-8(13)2-3-10(9)16-7/h2-4,7H,5-6H2,1H3. The zero-order valence-electron chi connectivity index (χ0n) is 8.74. The lowest BCUT2D eigenvalue weighted by Gasteiger charge is -2.32. The minimum absolute atomic E-state index is 0.0761. The van der Waals surface area contributed by atoms with E-state index in [1.54, 1.807) is 22.7 Å². The van der Waals surface area contributed by atoms with E-state index in [0.29, 0.717) is 17.5 Å². The highest BCUT2D eigenvalue weighted by Gasteiger charge is 2.26. The van der Waals surface area contributed by atoms with Crippen LogP contribution in [0.3, 0.4) is 0 Å². The molecule has 0 saturated heterocycles. The van der Waals surface area contributed by atoms with Gasteiger partial charge in [-0.25, -0.2) is 4.39 Å². The summed E-state index contributed by atoms with van der Waals surface area (Å²) in [5.74, 6) is -0.588. The van der Waals surface area contributed by atoms with Crippen molar-refractivity contribution in [3.8, 4) is 0 Å². The summed E-state index contributed by atoms with van der Waals surface area (Å²) in [7, 11) is 0. The van der Waals surface area contributed by atoms with Crippen LogP contribution >= 0.6 is 23.4 Å². The highest BCUT2D eigenvalue weighted by atomic mass is 35.5. The molecule has 2 rings (SSSR count). The molecule has 5 heteroatoms. The van der Waals surface area contributed by atoms with Crippen LogP contribution < -0.4 is 4.90 Å². The van der Waals surface area contributed by atoms with Crippen molar-refractivity contribution in [3.63, 3.8) is 0 Å². The summed E-state index contributed by atoms with van der Waals surface area (Å²) in [5, 5.41) is 0.296. The quantitative estimate of drug-likeness (QED) is 0.723. The lowest BCUT2D eigenvalue weighted by molar-refractivity contribution is -0.116. The van der Waals surface area contributed by atoms with Crippen molar-refractivity contribution in [3.05, 3.63) is 24.0 Å². The molecular weight excluding hydrogens is 249 g/mol. The zero-order valence-corrected chi connectivity index (χ0v) is 10.3. The van der Waals surface area contributed by atoms with Crippen molar-refractivity contribution in [2.75, 3.05) is 17.3 Å². The number of benzene rings is 1. The van der Waals surface area contributed by atoms with Crippen LogP contribution in [-0.4, -0.2) is 23.6 Å². The molecule has 0 fully saturated rings. The van der Waals surface area contributed by atoms with Gasteiger partial charge in [0.15, 0.2) is 0 Å². The molecule has 1 aromatic rings. The summed E-state index contributed by atoms with van der Waals surface area (Å²) < 4.78 is 13.2. The van der Waals surface area contributed by atoms with Gasteiger partial charge < -0.3 is 4.90 Å². The molecule has 1 aliphatic heterocycles. The third-order valence-corrected chi connectivity index (χ3v) is 3.77.